The molecule has 3 N–H and O–H groups in total. The van der Waals surface area contributed by atoms with E-state index in [-0.39, 0.29) is 17.5 Å². The lowest BCUT2D eigenvalue weighted by Gasteiger charge is -2.27. The van der Waals surface area contributed by atoms with Crippen LogP contribution in [0, 0.1) is 11.8 Å². The van der Waals surface area contributed by atoms with Crippen LogP contribution in [0.4, 0.5) is 0 Å². The highest BCUT2D eigenvalue weighted by Gasteiger charge is 2.35. The van der Waals surface area contributed by atoms with Crippen molar-refractivity contribution in [3.8, 4) is 0 Å². The fourth-order valence-electron chi connectivity index (χ4n) is 4.02. The van der Waals surface area contributed by atoms with Gasteiger partial charge in [0.15, 0.2) is 0 Å². The largest absolute Gasteiger partial charge is 0.480 e. The molecule has 1 saturated carbocycles. The van der Waals surface area contributed by atoms with E-state index < -0.39 is 29.9 Å². The van der Waals surface area contributed by atoms with Gasteiger partial charge in [-0.3, -0.25) is 9.59 Å². The van der Waals surface area contributed by atoms with Crippen LogP contribution in [-0.2, 0) is 9.59 Å². The average molecular weight is 412 g/mol. The molecule has 0 spiro atoms. The van der Waals surface area contributed by atoms with E-state index in [2.05, 4.69) is 15.6 Å². The number of amides is 2. The minimum atomic E-state index is -1.06. The molecule has 1 fully saturated rings. The quantitative estimate of drug-likeness (QED) is 0.618. The van der Waals surface area contributed by atoms with Crippen LogP contribution in [0.2, 0.25) is 0 Å². The third-order valence-corrected chi connectivity index (χ3v) is 6.05. The molecular weight excluding hydrogens is 382 g/mol. The number of aliphatic carboxylic acids is 1. The highest BCUT2D eigenvalue weighted by Crippen LogP contribution is 2.28. The highest BCUT2D eigenvalue weighted by molar-refractivity contribution is 5.98. The zero-order valence-electron chi connectivity index (χ0n) is 17.4. The van der Waals surface area contributed by atoms with E-state index in [1.54, 1.807) is 13.0 Å². The number of hydrogen-bond donors (Lipinski definition) is 3. The Labute approximate surface area is 176 Å². The lowest BCUT2D eigenvalue weighted by molar-refractivity contribution is -0.143. The van der Waals surface area contributed by atoms with Crippen molar-refractivity contribution in [3.63, 3.8) is 0 Å². The van der Waals surface area contributed by atoms with Crippen molar-refractivity contribution in [1.29, 1.82) is 0 Å². The second-order valence-electron chi connectivity index (χ2n) is 8.09. The minimum absolute atomic E-state index is 0.0132. The summed E-state index contributed by atoms with van der Waals surface area (Å²) in [7, 11) is 0. The molecule has 0 saturated heterocycles. The summed E-state index contributed by atoms with van der Waals surface area (Å²) in [6.45, 7) is 3.68. The maximum Gasteiger partial charge on any atom is 0.326 e. The average Bonchev–Trinajstić information content (AvgIpc) is 3.28. The first-order valence-corrected chi connectivity index (χ1v) is 10.6. The number of carboxylic acids is 1. The summed E-state index contributed by atoms with van der Waals surface area (Å²) in [5, 5.41) is 15.9. The molecule has 1 heterocycles. The number of aromatic nitrogens is 1. The molecule has 7 nitrogen and oxygen atoms in total. The first-order chi connectivity index (χ1) is 14.4. The molecule has 2 amide bonds. The van der Waals surface area contributed by atoms with Crippen LogP contribution in [0.25, 0.3) is 10.9 Å². The Balaban J connectivity index is 1.79. The molecule has 0 bridgehead atoms. The fraction of sp³-hybridized carbons (Fsp3) is 0.478. The normalized spacial score (nSPS) is 17.3. The molecule has 2 aromatic rings. The SMILES string of the molecule is CC[C@H](C)[C@H](NC(=O)[C@@H](NC(=O)c1ccc2ccccc2n1)C1CCCC1)C(=O)O. The van der Waals surface area contributed by atoms with Gasteiger partial charge in [-0.2, -0.15) is 0 Å². The number of carbonyl (C=O) groups excluding carboxylic acids is 2. The predicted molar refractivity (Wildman–Crippen MR) is 114 cm³/mol. The molecular formula is C23H29N3O4. The van der Waals surface area contributed by atoms with Crippen LogP contribution in [0.15, 0.2) is 36.4 Å². The van der Waals surface area contributed by atoms with Crippen molar-refractivity contribution in [2.75, 3.05) is 0 Å². The Morgan fingerprint density at radius 2 is 1.80 bits per heavy atom. The Hall–Kier alpha value is -2.96. The Bertz CT molecular complexity index is 924. The third-order valence-electron chi connectivity index (χ3n) is 6.05. The number of pyridine rings is 1. The first kappa shape index (κ1) is 21.7. The number of fused-ring (bicyclic) bond motifs is 1. The number of carboxylic acid groups (broad SMARTS) is 1. The summed E-state index contributed by atoms with van der Waals surface area (Å²) >= 11 is 0. The Kier molecular flexibility index (Phi) is 7.03. The summed E-state index contributed by atoms with van der Waals surface area (Å²) in [6.07, 6.45) is 4.26. The Morgan fingerprint density at radius 3 is 2.47 bits per heavy atom. The van der Waals surface area contributed by atoms with Crippen molar-refractivity contribution >= 4 is 28.7 Å². The minimum Gasteiger partial charge on any atom is -0.480 e. The van der Waals surface area contributed by atoms with Crippen LogP contribution in [0.5, 0.6) is 0 Å². The monoisotopic (exact) mass is 411 g/mol. The van der Waals surface area contributed by atoms with Gasteiger partial charge in [-0.25, -0.2) is 9.78 Å². The first-order valence-electron chi connectivity index (χ1n) is 10.6. The van der Waals surface area contributed by atoms with Crippen LogP contribution in [0.3, 0.4) is 0 Å². The lowest BCUT2D eigenvalue weighted by atomic mass is 9.94. The van der Waals surface area contributed by atoms with E-state index in [0.717, 1.165) is 31.1 Å². The second-order valence-corrected chi connectivity index (χ2v) is 8.09. The number of para-hydroxylation sites is 1. The van der Waals surface area contributed by atoms with Gasteiger partial charge in [-0.15, -0.1) is 0 Å². The van der Waals surface area contributed by atoms with Crippen LogP contribution >= 0.6 is 0 Å². The molecule has 0 unspecified atom stereocenters. The zero-order chi connectivity index (χ0) is 21.7. The predicted octanol–water partition coefficient (Wildman–Crippen LogP) is 3.14. The van der Waals surface area contributed by atoms with Gasteiger partial charge >= 0.3 is 5.97 Å². The molecule has 7 heteroatoms. The van der Waals surface area contributed by atoms with Crippen LogP contribution in [0.1, 0.15) is 56.4 Å². The fourth-order valence-corrected chi connectivity index (χ4v) is 4.02. The molecule has 1 aromatic carbocycles. The van der Waals surface area contributed by atoms with E-state index in [1.807, 2.05) is 37.3 Å². The van der Waals surface area contributed by atoms with E-state index in [4.69, 9.17) is 0 Å². The summed E-state index contributed by atoms with van der Waals surface area (Å²) in [4.78, 5) is 42.0. The van der Waals surface area contributed by atoms with Gasteiger partial charge in [0.2, 0.25) is 5.91 Å². The number of nitrogens with one attached hydrogen (secondary N) is 2. The van der Waals surface area contributed by atoms with Crippen molar-refractivity contribution in [2.45, 2.75) is 58.0 Å². The number of carbonyl (C=O) groups is 3. The van der Waals surface area contributed by atoms with Crippen molar-refractivity contribution < 1.29 is 19.5 Å². The van der Waals surface area contributed by atoms with Gasteiger partial charge < -0.3 is 15.7 Å². The topological polar surface area (TPSA) is 108 Å². The summed E-state index contributed by atoms with van der Waals surface area (Å²) in [5.41, 5.74) is 0.941. The van der Waals surface area contributed by atoms with Crippen molar-refractivity contribution in [3.05, 3.63) is 42.1 Å². The zero-order valence-corrected chi connectivity index (χ0v) is 17.4. The third kappa shape index (κ3) is 4.96. The van der Waals surface area contributed by atoms with Gasteiger partial charge in [0.1, 0.15) is 17.8 Å². The molecule has 1 aromatic heterocycles. The van der Waals surface area contributed by atoms with E-state index >= 15 is 0 Å². The second kappa shape index (κ2) is 9.69. The molecule has 3 rings (SSSR count). The molecule has 3 atom stereocenters. The number of hydrogen-bond acceptors (Lipinski definition) is 4. The van der Waals surface area contributed by atoms with Gasteiger partial charge in [-0.1, -0.05) is 57.4 Å². The van der Waals surface area contributed by atoms with Crippen LogP contribution in [-0.4, -0.2) is 40.0 Å². The molecule has 0 radical (unpaired) electrons. The van der Waals surface area contributed by atoms with E-state index in [9.17, 15) is 19.5 Å². The van der Waals surface area contributed by atoms with Crippen molar-refractivity contribution in [2.24, 2.45) is 11.8 Å². The van der Waals surface area contributed by atoms with Gasteiger partial charge in [0.05, 0.1) is 5.52 Å². The molecule has 160 valence electrons. The molecule has 30 heavy (non-hydrogen) atoms. The van der Waals surface area contributed by atoms with E-state index in [0.29, 0.717) is 11.9 Å². The van der Waals surface area contributed by atoms with Gasteiger partial charge in [0, 0.05) is 5.39 Å². The summed E-state index contributed by atoms with van der Waals surface area (Å²) in [6, 6.07) is 9.21. The number of rotatable bonds is 8. The standard InChI is InChI=1S/C23H29N3O4/c1-3-14(2)19(23(29)30)25-22(28)20(16-9-4-5-10-16)26-21(27)18-13-12-15-8-6-7-11-17(15)24-18/h6-8,11-14,16,19-20H,3-5,9-10H2,1-2H3,(H,25,28)(H,26,27)(H,29,30)/t14-,19-,20-/m0/s1. The number of nitrogens with zero attached hydrogens (tertiary/aromatic N) is 1. The highest BCUT2D eigenvalue weighted by atomic mass is 16.4. The van der Waals surface area contributed by atoms with Gasteiger partial charge in [0.25, 0.3) is 5.91 Å². The smallest absolute Gasteiger partial charge is 0.326 e. The maximum absolute atomic E-state index is 13.0. The molecule has 0 aliphatic heterocycles. The molecule has 1 aliphatic carbocycles. The van der Waals surface area contributed by atoms with Gasteiger partial charge in [-0.05, 0) is 36.8 Å². The van der Waals surface area contributed by atoms with E-state index in [1.165, 1.54) is 0 Å². The Morgan fingerprint density at radius 1 is 1.10 bits per heavy atom. The summed E-state index contributed by atoms with van der Waals surface area (Å²) in [5.74, 6) is -2.16. The number of benzene rings is 1. The summed E-state index contributed by atoms with van der Waals surface area (Å²) < 4.78 is 0. The maximum atomic E-state index is 13.0. The van der Waals surface area contributed by atoms with Crippen molar-refractivity contribution in [1.82, 2.24) is 15.6 Å². The van der Waals surface area contributed by atoms with Crippen LogP contribution < -0.4 is 10.6 Å². The lowest BCUT2D eigenvalue weighted by Crippen LogP contribution is -2.55. The molecule has 1 aliphatic rings.